The molecule has 0 fully saturated rings. The van der Waals surface area contributed by atoms with Gasteiger partial charge >= 0.3 is 6.18 Å². The summed E-state index contributed by atoms with van der Waals surface area (Å²) in [5, 5.41) is 10.4. The van der Waals surface area contributed by atoms with Gasteiger partial charge in [0.2, 0.25) is 0 Å². The van der Waals surface area contributed by atoms with E-state index in [-0.39, 0.29) is 28.8 Å². The molecule has 0 bridgehead atoms. The molecule has 0 saturated heterocycles. The Labute approximate surface area is 140 Å². The Morgan fingerprint density at radius 3 is 2.39 bits per heavy atom. The minimum atomic E-state index is -4.47. The van der Waals surface area contributed by atoms with Crippen molar-refractivity contribution in [1.29, 1.82) is 0 Å². The van der Waals surface area contributed by atoms with Gasteiger partial charge in [-0.15, -0.1) is 0 Å². The molecule has 0 aromatic heterocycles. The minimum absolute atomic E-state index is 0.0744. The molecule has 0 heterocycles. The van der Waals surface area contributed by atoms with Crippen LogP contribution in [-0.2, 0) is 11.8 Å². The molecule has 3 unspecified atom stereocenters. The van der Waals surface area contributed by atoms with Crippen LogP contribution in [0.1, 0.15) is 51.7 Å². The lowest BCUT2D eigenvalue weighted by atomic mass is 9.59. The van der Waals surface area contributed by atoms with Crippen molar-refractivity contribution in [2.45, 2.75) is 64.7 Å². The summed E-state index contributed by atoms with van der Waals surface area (Å²) in [5.74, 6) is -0.933. The van der Waals surface area contributed by atoms with Gasteiger partial charge in [0.25, 0.3) is 0 Å². The van der Waals surface area contributed by atoms with Crippen molar-refractivity contribution in [1.82, 2.24) is 0 Å². The van der Waals surface area contributed by atoms with E-state index in [4.69, 9.17) is 11.6 Å². The van der Waals surface area contributed by atoms with Crippen LogP contribution in [-0.4, -0.2) is 17.4 Å². The van der Waals surface area contributed by atoms with Crippen LogP contribution >= 0.6 is 11.6 Å². The van der Waals surface area contributed by atoms with Gasteiger partial charge in [-0.2, -0.15) is 13.2 Å². The summed E-state index contributed by atoms with van der Waals surface area (Å²) in [6.45, 7) is 7.27. The van der Waals surface area contributed by atoms with E-state index in [2.05, 4.69) is 0 Å². The number of hydrogen-bond donors (Lipinski definition) is 1. The number of alkyl halides is 3. The average Bonchev–Trinajstić information content (AvgIpc) is 2.37. The standard InChI is InChI=1S/C18H24ClF3O/c1-11-14(23)10-12-6-5-7-13(19)15(12)17(11,18(20,21)22)9-8-16(2,3)4/h5-7,11,14,23H,8-10H2,1-4H3. The summed E-state index contributed by atoms with van der Waals surface area (Å²) in [6, 6.07) is 4.81. The van der Waals surface area contributed by atoms with E-state index in [1.165, 1.54) is 13.0 Å². The van der Waals surface area contributed by atoms with Gasteiger partial charge in [-0.05, 0) is 41.9 Å². The summed E-state index contributed by atoms with van der Waals surface area (Å²) in [6.07, 6.45) is -4.96. The average molecular weight is 349 g/mol. The van der Waals surface area contributed by atoms with Crippen LogP contribution in [0.15, 0.2) is 18.2 Å². The van der Waals surface area contributed by atoms with Crippen molar-refractivity contribution in [2.24, 2.45) is 11.3 Å². The van der Waals surface area contributed by atoms with Gasteiger partial charge in [0.15, 0.2) is 0 Å². The first-order valence-corrected chi connectivity index (χ1v) is 8.30. The Balaban J connectivity index is 2.68. The van der Waals surface area contributed by atoms with Crippen LogP contribution in [0.5, 0.6) is 0 Å². The lowest BCUT2D eigenvalue weighted by Gasteiger charge is -2.48. The maximum atomic E-state index is 14.3. The topological polar surface area (TPSA) is 20.2 Å². The number of halogens is 4. The number of aliphatic hydroxyl groups is 1. The second-order valence-electron chi connectivity index (χ2n) is 7.86. The zero-order valence-electron chi connectivity index (χ0n) is 14.0. The van der Waals surface area contributed by atoms with Crippen molar-refractivity contribution in [3.63, 3.8) is 0 Å². The van der Waals surface area contributed by atoms with Crippen LogP contribution in [0.4, 0.5) is 13.2 Å². The quantitative estimate of drug-likeness (QED) is 0.746. The molecule has 0 aliphatic heterocycles. The molecule has 0 spiro atoms. The van der Waals surface area contributed by atoms with Crippen LogP contribution in [0.25, 0.3) is 0 Å². The fourth-order valence-corrected chi connectivity index (χ4v) is 4.03. The van der Waals surface area contributed by atoms with Crippen LogP contribution in [0.2, 0.25) is 5.02 Å². The second-order valence-corrected chi connectivity index (χ2v) is 8.27. The van der Waals surface area contributed by atoms with E-state index < -0.39 is 23.6 Å². The number of fused-ring (bicyclic) bond motifs is 1. The first-order valence-electron chi connectivity index (χ1n) is 7.93. The van der Waals surface area contributed by atoms with E-state index >= 15 is 0 Å². The van der Waals surface area contributed by atoms with Gasteiger partial charge < -0.3 is 5.11 Å². The Kier molecular flexibility index (Phi) is 4.82. The Hall–Kier alpha value is -0.740. The SMILES string of the molecule is CC1C(O)Cc2cccc(Cl)c2C1(CCC(C)(C)C)C(F)(F)F. The monoisotopic (exact) mass is 348 g/mol. The first kappa shape index (κ1) is 18.6. The molecule has 1 aliphatic rings. The molecule has 1 aromatic rings. The Morgan fingerprint density at radius 1 is 1.26 bits per heavy atom. The van der Waals surface area contributed by atoms with Crippen LogP contribution in [0, 0.1) is 11.3 Å². The Bertz CT molecular complexity index is 577. The molecule has 130 valence electrons. The summed E-state index contributed by atoms with van der Waals surface area (Å²) < 4.78 is 42.9. The van der Waals surface area contributed by atoms with Gasteiger partial charge in [-0.3, -0.25) is 0 Å². The normalized spacial score (nSPS) is 28.6. The highest BCUT2D eigenvalue weighted by atomic mass is 35.5. The minimum Gasteiger partial charge on any atom is -0.392 e. The highest BCUT2D eigenvalue weighted by Gasteiger charge is 2.63. The largest absolute Gasteiger partial charge is 0.398 e. The van der Waals surface area contributed by atoms with E-state index in [1.54, 1.807) is 12.1 Å². The van der Waals surface area contributed by atoms with Crippen molar-refractivity contribution >= 4 is 11.6 Å². The van der Waals surface area contributed by atoms with Crippen molar-refractivity contribution < 1.29 is 18.3 Å². The van der Waals surface area contributed by atoms with Gasteiger partial charge in [0.1, 0.15) is 0 Å². The summed E-state index contributed by atoms with van der Waals surface area (Å²) in [7, 11) is 0. The molecule has 0 saturated carbocycles. The Morgan fingerprint density at radius 2 is 1.87 bits per heavy atom. The van der Waals surface area contributed by atoms with Crippen molar-refractivity contribution in [3.8, 4) is 0 Å². The van der Waals surface area contributed by atoms with E-state index in [0.717, 1.165) is 0 Å². The van der Waals surface area contributed by atoms with Gasteiger partial charge in [-0.25, -0.2) is 0 Å². The zero-order chi connectivity index (χ0) is 17.6. The maximum Gasteiger partial charge on any atom is 0.398 e. The predicted octanol–water partition coefficient (Wildman–Crippen LogP) is 5.52. The van der Waals surface area contributed by atoms with Gasteiger partial charge in [0.05, 0.1) is 11.5 Å². The third-order valence-corrected chi connectivity index (χ3v) is 5.42. The van der Waals surface area contributed by atoms with Crippen LogP contribution in [0.3, 0.4) is 0 Å². The molecule has 1 aromatic carbocycles. The molecule has 1 aliphatic carbocycles. The lowest BCUT2D eigenvalue weighted by molar-refractivity contribution is -0.222. The molecule has 23 heavy (non-hydrogen) atoms. The number of benzene rings is 1. The van der Waals surface area contributed by atoms with Crippen molar-refractivity contribution in [3.05, 3.63) is 34.3 Å². The third-order valence-electron chi connectivity index (χ3n) is 5.10. The van der Waals surface area contributed by atoms with Crippen LogP contribution < -0.4 is 0 Å². The number of rotatable bonds is 2. The first-order chi connectivity index (χ1) is 10.4. The molecule has 3 atom stereocenters. The molecule has 2 rings (SSSR count). The fraction of sp³-hybridized carbons (Fsp3) is 0.667. The molecular formula is C18H24ClF3O. The zero-order valence-corrected chi connectivity index (χ0v) is 14.7. The second kappa shape index (κ2) is 5.96. The molecule has 5 heteroatoms. The molecular weight excluding hydrogens is 325 g/mol. The molecule has 1 N–H and O–H groups in total. The highest BCUT2D eigenvalue weighted by Crippen LogP contribution is 2.57. The molecule has 0 radical (unpaired) electrons. The van der Waals surface area contributed by atoms with E-state index in [9.17, 15) is 18.3 Å². The third kappa shape index (κ3) is 3.25. The van der Waals surface area contributed by atoms with E-state index in [1.807, 2.05) is 20.8 Å². The highest BCUT2D eigenvalue weighted by molar-refractivity contribution is 6.31. The lowest BCUT2D eigenvalue weighted by Crippen LogP contribution is -2.55. The molecule has 0 amide bonds. The van der Waals surface area contributed by atoms with Gasteiger partial charge in [-0.1, -0.05) is 51.4 Å². The summed E-state index contributed by atoms with van der Waals surface area (Å²) >= 11 is 6.21. The summed E-state index contributed by atoms with van der Waals surface area (Å²) in [5.41, 5.74) is -1.67. The summed E-state index contributed by atoms with van der Waals surface area (Å²) in [4.78, 5) is 0. The fourth-order valence-electron chi connectivity index (χ4n) is 3.66. The smallest absolute Gasteiger partial charge is 0.392 e. The van der Waals surface area contributed by atoms with E-state index in [0.29, 0.717) is 12.0 Å². The predicted molar refractivity (Wildman–Crippen MR) is 86.7 cm³/mol. The number of hydrogen-bond acceptors (Lipinski definition) is 1. The van der Waals surface area contributed by atoms with Gasteiger partial charge in [0, 0.05) is 10.9 Å². The number of aliphatic hydroxyl groups excluding tert-OH is 1. The maximum absolute atomic E-state index is 14.3. The van der Waals surface area contributed by atoms with Crippen molar-refractivity contribution in [2.75, 3.05) is 0 Å². The molecule has 1 nitrogen and oxygen atoms in total.